The molecule has 0 spiro atoms. The van der Waals surface area contributed by atoms with Crippen molar-refractivity contribution in [2.24, 2.45) is 0 Å². The largest absolute Gasteiger partial charge is 0.465 e. The first-order chi connectivity index (χ1) is 9.65. The van der Waals surface area contributed by atoms with E-state index in [1.54, 1.807) is 0 Å². The van der Waals surface area contributed by atoms with Crippen molar-refractivity contribution in [3.8, 4) is 0 Å². The molecule has 0 radical (unpaired) electrons. The first-order valence-corrected chi connectivity index (χ1v) is 7.35. The van der Waals surface area contributed by atoms with Gasteiger partial charge in [-0.15, -0.1) is 0 Å². The van der Waals surface area contributed by atoms with Gasteiger partial charge in [0.25, 0.3) is 0 Å². The van der Waals surface area contributed by atoms with Gasteiger partial charge >= 0.3 is 5.97 Å². The summed E-state index contributed by atoms with van der Waals surface area (Å²) in [6.45, 7) is 1.66. The van der Waals surface area contributed by atoms with Crippen LogP contribution in [0, 0.1) is 0 Å². The van der Waals surface area contributed by atoms with Crippen LogP contribution < -0.4 is 5.73 Å². The number of piperidine rings is 1. The highest BCUT2D eigenvalue weighted by Gasteiger charge is 2.18. The van der Waals surface area contributed by atoms with Gasteiger partial charge in [-0.1, -0.05) is 18.6 Å². The highest BCUT2D eigenvalue weighted by Crippen LogP contribution is 2.17. The van der Waals surface area contributed by atoms with Gasteiger partial charge in [0.15, 0.2) is 0 Å². The van der Waals surface area contributed by atoms with E-state index in [9.17, 15) is 4.79 Å². The van der Waals surface area contributed by atoms with Crippen LogP contribution in [0.5, 0.6) is 0 Å². The minimum absolute atomic E-state index is 0.172. The van der Waals surface area contributed by atoms with Gasteiger partial charge in [-0.2, -0.15) is 0 Å². The number of nitrogens with two attached hydrogens (primary N) is 1. The Morgan fingerprint density at radius 1 is 1.45 bits per heavy atom. The highest BCUT2D eigenvalue weighted by molar-refractivity contribution is 5.73. The molecule has 0 aliphatic carbocycles. The van der Waals surface area contributed by atoms with E-state index in [-0.39, 0.29) is 5.97 Å². The molecule has 0 amide bonds. The molecule has 1 heterocycles. The number of carbonyl (C=O) groups excluding carboxylic acids is 1. The smallest absolute Gasteiger partial charge is 0.310 e. The van der Waals surface area contributed by atoms with Gasteiger partial charge in [-0.25, -0.2) is 0 Å². The molecule has 2 N–H and O–H groups in total. The second-order valence-corrected chi connectivity index (χ2v) is 5.56. The minimum atomic E-state index is -0.172. The lowest BCUT2D eigenvalue weighted by Gasteiger charge is -2.32. The molecule has 1 aliphatic heterocycles. The third-order valence-corrected chi connectivity index (χ3v) is 3.94. The van der Waals surface area contributed by atoms with Crippen molar-refractivity contribution >= 4 is 11.7 Å². The number of likely N-dealkylation sites (tertiary alicyclic amines) is 1. The van der Waals surface area contributed by atoms with Crippen molar-refractivity contribution in [2.45, 2.75) is 38.1 Å². The van der Waals surface area contributed by atoms with Crippen LogP contribution in [0.4, 0.5) is 5.69 Å². The summed E-state index contributed by atoms with van der Waals surface area (Å²) in [5.41, 5.74) is 7.28. The summed E-state index contributed by atoms with van der Waals surface area (Å²) in [5.74, 6) is -0.172. The summed E-state index contributed by atoms with van der Waals surface area (Å²) in [6.07, 6.45) is 5.00. The molecule has 0 aromatic heterocycles. The number of hydrogen-bond acceptors (Lipinski definition) is 4. The van der Waals surface area contributed by atoms with Crippen molar-refractivity contribution in [3.05, 3.63) is 29.8 Å². The molecule has 1 aromatic rings. The Morgan fingerprint density at radius 2 is 2.30 bits per heavy atom. The van der Waals surface area contributed by atoms with Crippen LogP contribution >= 0.6 is 0 Å². The van der Waals surface area contributed by atoms with E-state index in [1.165, 1.54) is 19.3 Å². The summed E-state index contributed by atoms with van der Waals surface area (Å²) >= 11 is 0. The summed E-state index contributed by atoms with van der Waals surface area (Å²) in [5, 5.41) is 0. The van der Waals surface area contributed by atoms with E-state index in [0.717, 1.165) is 18.5 Å². The predicted molar refractivity (Wildman–Crippen MR) is 80.4 cm³/mol. The van der Waals surface area contributed by atoms with Crippen LogP contribution in [0.1, 0.15) is 31.2 Å². The molecule has 4 heteroatoms. The number of ether oxygens (including phenoxy) is 1. The van der Waals surface area contributed by atoms with E-state index in [0.29, 0.717) is 24.8 Å². The molecule has 2 rings (SSSR count). The minimum Gasteiger partial charge on any atom is -0.465 e. The maximum Gasteiger partial charge on any atom is 0.310 e. The lowest BCUT2D eigenvalue weighted by Crippen LogP contribution is -2.37. The Bertz CT molecular complexity index is 448. The van der Waals surface area contributed by atoms with Crippen LogP contribution in [0.3, 0.4) is 0 Å². The van der Waals surface area contributed by atoms with Crippen LogP contribution in [-0.2, 0) is 16.0 Å². The Kier molecular flexibility index (Phi) is 5.41. The van der Waals surface area contributed by atoms with Crippen LogP contribution in [0.25, 0.3) is 0 Å². The SMILES string of the molecule is CN1CCCCC1CCOC(=O)Cc1cccc(N)c1. The lowest BCUT2D eigenvalue weighted by molar-refractivity contribution is -0.143. The third-order valence-electron chi connectivity index (χ3n) is 3.94. The molecule has 1 unspecified atom stereocenters. The highest BCUT2D eigenvalue weighted by atomic mass is 16.5. The Balaban J connectivity index is 1.70. The number of benzene rings is 1. The Morgan fingerprint density at radius 3 is 3.05 bits per heavy atom. The zero-order valence-corrected chi connectivity index (χ0v) is 12.2. The molecule has 1 fully saturated rings. The number of carbonyl (C=O) groups is 1. The van der Waals surface area contributed by atoms with Gasteiger partial charge in [-0.3, -0.25) is 4.79 Å². The van der Waals surface area contributed by atoms with Gasteiger partial charge in [0.2, 0.25) is 0 Å². The molecule has 1 atom stereocenters. The van der Waals surface area contributed by atoms with Crippen molar-refractivity contribution < 1.29 is 9.53 Å². The van der Waals surface area contributed by atoms with Crippen molar-refractivity contribution in [1.29, 1.82) is 0 Å². The predicted octanol–water partition coefficient (Wildman–Crippen LogP) is 2.23. The fourth-order valence-electron chi connectivity index (χ4n) is 2.74. The Labute approximate surface area is 120 Å². The van der Waals surface area contributed by atoms with E-state index in [1.807, 2.05) is 24.3 Å². The monoisotopic (exact) mass is 276 g/mol. The van der Waals surface area contributed by atoms with Crippen LogP contribution in [-0.4, -0.2) is 37.1 Å². The van der Waals surface area contributed by atoms with Gasteiger partial charge < -0.3 is 15.4 Å². The second-order valence-electron chi connectivity index (χ2n) is 5.56. The number of hydrogen-bond donors (Lipinski definition) is 1. The number of rotatable bonds is 5. The molecule has 1 aliphatic rings. The maximum absolute atomic E-state index is 11.8. The summed E-state index contributed by atoms with van der Waals surface area (Å²) < 4.78 is 5.33. The number of esters is 1. The average molecular weight is 276 g/mol. The summed E-state index contributed by atoms with van der Waals surface area (Å²) in [6, 6.07) is 7.94. The van der Waals surface area contributed by atoms with Gasteiger partial charge in [0, 0.05) is 11.7 Å². The molecular weight excluding hydrogens is 252 g/mol. The van der Waals surface area contributed by atoms with E-state index in [4.69, 9.17) is 10.5 Å². The molecular formula is C16H24N2O2. The van der Waals surface area contributed by atoms with E-state index >= 15 is 0 Å². The standard InChI is InChI=1S/C16H24N2O2/c1-18-9-3-2-7-15(18)8-10-20-16(19)12-13-5-4-6-14(17)11-13/h4-6,11,15H,2-3,7-10,12,17H2,1H3. The van der Waals surface area contributed by atoms with Crippen LogP contribution in [0.2, 0.25) is 0 Å². The first-order valence-electron chi connectivity index (χ1n) is 7.35. The second kappa shape index (κ2) is 7.29. The average Bonchev–Trinajstić information content (AvgIpc) is 2.41. The summed E-state index contributed by atoms with van der Waals surface area (Å²) in [7, 11) is 2.15. The Hall–Kier alpha value is -1.55. The molecule has 110 valence electrons. The quantitative estimate of drug-likeness (QED) is 0.662. The summed E-state index contributed by atoms with van der Waals surface area (Å²) in [4.78, 5) is 14.1. The number of nitrogens with zero attached hydrogens (tertiary/aromatic N) is 1. The first kappa shape index (κ1) is 14.9. The van der Waals surface area contributed by atoms with Crippen LogP contribution in [0.15, 0.2) is 24.3 Å². The fraction of sp³-hybridized carbons (Fsp3) is 0.562. The maximum atomic E-state index is 11.8. The number of anilines is 1. The van der Waals surface area contributed by atoms with E-state index in [2.05, 4.69) is 11.9 Å². The molecule has 0 saturated carbocycles. The van der Waals surface area contributed by atoms with Gasteiger partial charge in [0.05, 0.1) is 13.0 Å². The normalized spacial score (nSPS) is 19.8. The lowest BCUT2D eigenvalue weighted by atomic mass is 10.0. The van der Waals surface area contributed by atoms with Crippen molar-refractivity contribution in [2.75, 3.05) is 25.9 Å². The zero-order chi connectivity index (χ0) is 14.4. The molecule has 0 bridgehead atoms. The van der Waals surface area contributed by atoms with Crippen molar-refractivity contribution in [1.82, 2.24) is 4.90 Å². The molecule has 1 saturated heterocycles. The fourth-order valence-corrected chi connectivity index (χ4v) is 2.74. The van der Waals surface area contributed by atoms with E-state index < -0.39 is 0 Å². The van der Waals surface area contributed by atoms with Gasteiger partial charge in [0.1, 0.15) is 0 Å². The van der Waals surface area contributed by atoms with Gasteiger partial charge in [-0.05, 0) is 50.6 Å². The zero-order valence-electron chi connectivity index (χ0n) is 12.2. The number of nitrogen functional groups attached to an aromatic ring is 1. The molecule has 20 heavy (non-hydrogen) atoms. The molecule has 4 nitrogen and oxygen atoms in total. The van der Waals surface area contributed by atoms with Crippen molar-refractivity contribution in [3.63, 3.8) is 0 Å². The third kappa shape index (κ3) is 4.53. The molecule has 1 aromatic carbocycles. The topological polar surface area (TPSA) is 55.6 Å².